The molecule has 0 radical (unpaired) electrons. The van der Waals surface area contributed by atoms with Crippen LogP contribution < -0.4 is 4.74 Å². The number of hydrogen-bond donors (Lipinski definition) is 0. The molecule has 0 aliphatic heterocycles. The number of halogens is 1. The minimum atomic E-state index is -0.467. The Kier molecular flexibility index (Phi) is 6.16. The van der Waals surface area contributed by atoms with E-state index in [1.807, 2.05) is 12.1 Å². The van der Waals surface area contributed by atoms with Gasteiger partial charge in [0.1, 0.15) is 11.1 Å². The first kappa shape index (κ1) is 15.8. The number of alkyl halides is 1. The van der Waals surface area contributed by atoms with Gasteiger partial charge in [0.05, 0.1) is 6.61 Å². The third kappa shape index (κ3) is 5.11. The second-order valence-corrected chi connectivity index (χ2v) is 5.48. The molecule has 0 saturated carbocycles. The molecule has 0 fully saturated rings. The Hall–Kier alpha value is -1.22. The van der Waals surface area contributed by atoms with Crippen molar-refractivity contribution >= 4 is 17.5 Å². The lowest BCUT2D eigenvalue weighted by Gasteiger charge is -2.18. The van der Waals surface area contributed by atoms with Gasteiger partial charge in [-0.05, 0) is 50.5 Å². The maximum Gasteiger partial charge on any atom is 0.240 e. The molecule has 0 spiro atoms. The van der Waals surface area contributed by atoms with Gasteiger partial charge < -0.3 is 9.64 Å². The fourth-order valence-corrected chi connectivity index (χ4v) is 1.88. The van der Waals surface area contributed by atoms with Gasteiger partial charge in [0.25, 0.3) is 0 Å². The zero-order valence-electron chi connectivity index (χ0n) is 12.1. The predicted octanol–water partition coefficient (Wildman–Crippen LogP) is 3.16. The molecular weight excluding hydrogens is 262 g/mol. The van der Waals surface area contributed by atoms with Crippen LogP contribution in [0.4, 0.5) is 0 Å². The highest BCUT2D eigenvalue weighted by Gasteiger charge is 2.13. The van der Waals surface area contributed by atoms with E-state index in [1.165, 1.54) is 11.1 Å². The molecule has 106 valence electrons. The van der Waals surface area contributed by atoms with E-state index >= 15 is 0 Å². The van der Waals surface area contributed by atoms with Crippen LogP contribution in [0.15, 0.2) is 18.2 Å². The average molecular weight is 284 g/mol. The molecule has 0 N–H and O–H groups in total. The molecule has 1 atom stereocenters. The Morgan fingerprint density at radius 3 is 2.63 bits per heavy atom. The van der Waals surface area contributed by atoms with Crippen LogP contribution in [-0.2, 0) is 4.79 Å². The van der Waals surface area contributed by atoms with Gasteiger partial charge in [0.2, 0.25) is 5.91 Å². The third-order valence-electron chi connectivity index (χ3n) is 3.10. The van der Waals surface area contributed by atoms with Gasteiger partial charge in [-0.25, -0.2) is 0 Å². The average Bonchev–Trinajstić information content (AvgIpc) is 2.37. The van der Waals surface area contributed by atoms with Gasteiger partial charge in [-0.3, -0.25) is 4.79 Å². The first-order valence-electron chi connectivity index (χ1n) is 6.51. The quantitative estimate of drug-likeness (QED) is 0.593. The monoisotopic (exact) mass is 283 g/mol. The van der Waals surface area contributed by atoms with Gasteiger partial charge in [0, 0.05) is 13.6 Å². The molecule has 0 saturated heterocycles. The molecule has 0 aliphatic carbocycles. The van der Waals surface area contributed by atoms with E-state index in [0.717, 1.165) is 12.2 Å². The van der Waals surface area contributed by atoms with Gasteiger partial charge in [-0.2, -0.15) is 0 Å². The highest BCUT2D eigenvalue weighted by Crippen LogP contribution is 2.16. The molecule has 0 bridgehead atoms. The van der Waals surface area contributed by atoms with Crippen LogP contribution in [0.2, 0.25) is 0 Å². The topological polar surface area (TPSA) is 29.5 Å². The van der Waals surface area contributed by atoms with Crippen LogP contribution in [0.1, 0.15) is 24.5 Å². The Morgan fingerprint density at radius 2 is 2.05 bits per heavy atom. The number of rotatable bonds is 6. The summed E-state index contributed by atoms with van der Waals surface area (Å²) in [7, 11) is 1.76. The van der Waals surface area contributed by atoms with Crippen LogP contribution in [0.3, 0.4) is 0 Å². The summed E-state index contributed by atoms with van der Waals surface area (Å²) in [6.07, 6.45) is 0.790. The summed E-state index contributed by atoms with van der Waals surface area (Å²) in [5.74, 6) is 0.829. The summed E-state index contributed by atoms with van der Waals surface area (Å²) in [4.78, 5) is 13.2. The molecule has 0 aliphatic rings. The number of benzene rings is 1. The zero-order chi connectivity index (χ0) is 14.4. The number of amides is 1. The fraction of sp³-hybridized carbons (Fsp3) is 0.533. The van der Waals surface area contributed by atoms with Crippen LogP contribution in [-0.4, -0.2) is 36.4 Å². The van der Waals surface area contributed by atoms with Gasteiger partial charge >= 0.3 is 0 Å². The smallest absolute Gasteiger partial charge is 0.240 e. The molecule has 1 unspecified atom stereocenters. The third-order valence-corrected chi connectivity index (χ3v) is 3.29. The maximum atomic E-state index is 11.5. The maximum absolute atomic E-state index is 11.5. The van der Waals surface area contributed by atoms with Gasteiger partial charge in [-0.15, -0.1) is 11.6 Å². The zero-order valence-corrected chi connectivity index (χ0v) is 12.8. The lowest BCUT2D eigenvalue weighted by atomic mass is 10.1. The fourth-order valence-electron chi connectivity index (χ4n) is 1.71. The van der Waals surface area contributed by atoms with E-state index in [-0.39, 0.29) is 5.91 Å². The lowest BCUT2D eigenvalue weighted by Crippen LogP contribution is -2.33. The molecule has 1 aromatic rings. The van der Waals surface area contributed by atoms with Gasteiger partial charge in [-0.1, -0.05) is 6.07 Å². The van der Waals surface area contributed by atoms with Gasteiger partial charge in [0.15, 0.2) is 0 Å². The van der Waals surface area contributed by atoms with Crippen LogP contribution in [0, 0.1) is 13.8 Å². The normalized spacial score (nSPS) is 12.1. The molecular formula is C15H22ClNO2. The number of aryl methyl sites for hydroxylation is 2. The highest BCUT2D eigenvalue weighted by molar-refractivity contribution is 6.30. The molecule has 3 nitrogen and oxygen atoms in total. The van der Waals surface area contributed by atoms with E-state index in [4.69, 9.17) is 16.3 Å². The van der Waals surface area contributed by atoms with Crippen molar-refractivity contribution < 1.29 is 9.53 Å². The number of ether oxygens (including phenoxy) is 1. The number of carbonyl (C=O) groups is 1. The van der Waals surface area contributed by atoms with E-state index in [2.05, 4.69) is 19.9 Å². The van der Waals surface area contributed by atoms with E-state index < -0.39 is 5.38 Å². The van der Waals surface area contributed by atoms with Crippen molar-refractivity contribution in [2.24, 2.45) is 0 Å². The Labute approximate surface area is 120 Å². The van der Waals surface area contributed by atoms with Crippen LogP contribution >= 0.6 is 11.6 Å². The van der Waals surface area contributed by atoms with Crippen molar-refractivity contribution in [3.05, 3.63) is 29.3 Å². The second-order valence-electron chi connectivity index (χ2n) is 4.82. The lowest BCUT2D eigenvalue weighted by molar-refractivity contribution is -0.129. The minimum absolute atomic E-state index is 0.0483. The van der Waals surface area contributed by atoms with Crippen molar-refractivity contribution in [2.75, 3.05) is 20.2 Å². The van der Waals surface area contributed by atoms with E-state index in [9.17, 15) is 4.79 Å². The molecule has 0 aromatic heterocycles. The predicted molar refractivity (Wildman–Crippen MR) is 79.0 cm³/mol. The van der Waals surface area contributed by atoms with E-state index in [1.54, 1.807) is 18.9 Å². The minimum Gasteiger partial charge on any atom is -0.494 e. The summed E-state index contributed by atoms with van der Waals surface area (Å²) in [5.41, 5.74) is 2.48. The summed E-state index contributed by atoms with van der Waals surface area (Å²) >= 11 is 5.74. The van der Waals surface area contributed by atoms with Crippen molar-refractivity contribution in [3.8, 4) is 5.75 Å². The van der Waals surface area contributed by atoms with Crippen molar-refractivity contribution in [3.63, 3.8) is 0 Å². The number of hydrogen-bond acceptors (Lipinski definition) is 2. The standard InChI is InChI=1S/C15H22ClNO2/c1-11-6-7-14(10-12(11)2)19-9-5-8-17(4)15(18)13(3)16/h6-7,10,13H,5,8-9H2,1-4H3. The van der Waals surface area contributed by atoms with Crippen molar-refractivity contribution in [1.29, 1.82) is 0 Å². The molecule has 4 heteroatoms. The summed E-state index contributed by atoms with van der Waals surface area (Å²) in [6, 6.07) is 6.05. The first-order valence-corrected chi connectivity index (χ1v) is 6.94. The summed E-state index contributed by atoms with van der Waals surface area (Å²) in [6.45, 7) is 7.08. The largest absolute Gasteiger partial charge is 0.494 e. The van der Waals surface area contributed by atoms with Crippen LogP contribution in [0.25, 0.3) is 0 Å². The van der Waals surface area contributed by atoms with Crippen molar-refractivity contribution in [1.82, 2.24) is 4.90 Å². The molecule has 1 aromatic carbocycles. The molecule has 19 heavy (non-hydrogen) atoms. The Balaban J connectivity index is 2.31. The van der Waals surface area contributed by atoms with Crippen molar-refractivity contribution in [2.45, 2.75) is 32.6 Å². The molecule has 0 heterocycles. The first-order chi connectivity index (χ1) is 8.91. The van der Waals surface area contributed by atoms with E-state index in [0.29, 0.717) is 13.2 Å². The Morgan fingerprint density at radius 1 is 1.37 bits per heavy atom. The summed E-state index contributed by atoms with van der Waals surface area (Å²) in [5, 5.41) is -0.467. The molecule has 1 amide bonds. The number of nitrogens with zero attached hydrogens (tertiary/aromatic N) is 1. The number of carbonyl (C=O) groups excluding carboxylic acids is 1. The summed E-state index contributed by atoms with van der Waals surface area (Å²) < 4.78 is 5.66. The SMILES string of the molecule is Cc1ccc(OCCCN(C)C(=O)C(C)Cl)cc1C. The Bertz CT molecular complexity index is 432. The highest BCUT2D eigenvalue weighted by atomic mass is 35.5. The molecule has 1 rings (SSSR count). The van der Waals surface area contributed by atoms with Crippen LogP contribution in [0.5, 0.6) is 5.75 Å². The second kappa shape index (κ2) is 7.39.